The molecule has 0 aromatic heterocycles. The van der Waals surface area contributed by atoms with Crippen LogP contribution in [0.1, 0.15) is 46.8 Å². The summed E-state index contributed by atoms with van der Waals surface area (Å²) in [6.07, 6.45) is 3.04. The van der Waals surface area contributed by atoms with Crippen LogP contribution in [0.4, 0.5) is 10.5 Å². The van der Waals surface area contributed by atoms with Crippen molar-refractivity contribution in [2.24, 2.45) is 5.73 Å². The standard InChI is InChI=1S/C22H28N4O2/c1-25(2)15-16-9-11-17(12-10-16)20-8-3-4-13-26(20)22(28)24-19-7-5-6-18(14-19)21(23)27/h5-7,9-12,14,20H,3-4,8,13,15H2,1-2H3,(H2,23,27)(H,24,28)/t20-/m0/s1. The molecule has 2 aromatic rings. The molecule has 1 aliphatic rings. The van der Waals surface area contributed by atoms with Gasteiger partial charge in [0.25, 0.3) is 0 Å². The molecule has 1 saturated heterocycles. The van der Waals surface area contributed by atoms with Crippen molar-refractivity contribution in [2.45, 2.75) is 31.8 Å². The summed E-state index contributed by atoms with van der Waals surface area (Å²) in [6.45, 7) is 1.61. The quantitative estimate of drug-likeness (QED) is 0.832. The fraction of sp³-hybridized carbons (Fsp3) is 0.364. The van der Waals surface area contributed by atoms with Crippen LogP contribution in [0.2, 0.25) is 0 Å². The summed E-state index contributed by atoms with van der Waals surface area (Å²) >= 11 is 0. The number of nitrogens with two attached hydrogens (primary N) is 1. The van der Waals surface area contributed by atoms with E-state index in [4.69, 9.17) is 5.73 Å². The van der Waals surface area contributed by atoms with Crippen molar-refractivity contribution in [3.05, 3.63) is 65.2 Å². The second-order valence-corrected chi connectivity index (χ2v) is 7.56. The third-order valence-electron chi connectivity index (χ3n) is 5.03. The van der Waals surface area contributed by atoms with Crippen LogP contribution in [0.5, 0.6) is 0 Å². The van der Waals surface area contributed by atoms with Crippen LogP contribution in [0.3, 0.4) is 0 Å². The number of rotatable bonds is 5. The van der Waals surface area contributed by atoms with E-state index in [-0.39, 0.29) is 12.1 Å². The number of hydrogen-bond donors (Lipinski definition) is 2. The first-order valence-electron chi connectivity index (χ1n) is 9.65. The monoisotopic (exact) mass is 380 g/mol. The number of urea groups is 1. The van der Waals surface area contributed by atoms with Crippen LogP contribution in [-0.4, -0.2) is 42.4 Å². The molecule has 3 rings (SSSR count). The zero-order valence-corrected chi connectivity index (χ0v) is 16.5. The fourth-order valence-corrected chi connectivity index (χ4v) is 3.68. The molecular weight excluding hydrogens is 352 g/mol. The van der Waals surface area contributed by atoms with Crippen LogP contribution in [0.15, 0.2) is 48.5 Å². The van der Waals surface area contributed by atoms with Gasteiger partial charge < -0.3 is 20.9 Å². The van der Waals surface area contributed by atoms with Crippen molar-refractivity contribution in [1.82, 2.24) is 9.80 Å². The van der Waals surface area contributed by atoms with Crippen LogP contribution < -0.4 is 11.1 Å². The highest BCUT2D eigenvalue weighted by Crippen LogP contribution is 2.31. The largest absolute Gasteiger partial charge is 0.366 e. The number of amides is 3. The smallest absolute Gasteiger partial charge is 0.322 e. The zero-order valence-electron chi connectivity index (χ0n) is 16.5. The molecule has 6 nitrogen and oxygen atoms in total. The third kappa shape index (κ3) is 4.89. The molecule has 0 spiro atoms. The Morgan fingerprint density at radius 1 is 1.14 bits per heavy atom. The molecule has 6 heteroatoms. The van der Waals surface area contributed by atoms with E-state index in [1.54, 1.807) is 24.3 Å². The number of piperidine rings is 1. The minimum absolute atomic E-state index is 0.0569. The Morgan fingerprint density at radius 2 is 1.89 bits per heavy atom. The number of benzene rings is 2. The first-order valence-corrected chi connectivity index (χ1v) is 9.65. The van der Waals surface area contributed by atoms with E-state index in [1.807, 2.05) is 19.0 Å². The van der Waals surface area contributed by atoms with Crippen molar-refractivity contribution in [1.29, 1.82) is 0 Å². The summed E-state index contributed by atoms with van der Waals surface area (Å²) in [6, 6.07) is 15.2. The van der Waals surface area contributed by atoms with Crippen LogP contribution in [0.25, 0.3) is 0 Å². The van der Waals surface area contributed by atoms with Gasteiger partial charge in [-0.25, -0.2) is 4.79 Å². The van der Waals surface area contributed by atoms with Gasteiger partial charge in [0.2, 0.25) is 5.91 Å². The molecule has 148 valence electrons. The third-order valence-corrected chi connectivity index (χ3v) is 5.03. The van der Waals surface area contributed by atoms with E-state index >= 15 is 0 Å². The second kappa shape index (κ2) is 8.89. The maximum Gasteiger partial charge on any atom is 0.322 e. The van der Waals surface area contributed by atoms with Crippen molar-refractivity contribution in [3.8, 4) is 0 Å². The molecule has 1 fully saturated rings. The Hall–Kier alpha value is -2.86. The molecule has 0 aliphatic carbocycles. The van der Waals surface area contributed by atoms with E-state index in [0.29, 0.717) is 17.8 Å². The van der Waals surface area contributed by atoms with Gasteiger partial charge in [-0.2, -0.15) is 0 Å². The highest BCUT2D eigenvalue weighted by molar-refractivity contribution is 5.96. The Balaban J connectivity index is 1.74. The normalized spacial score (nSPS) is 16.8. The molecule has 1 atom stereocenters. The van der Waals surface area contributed by atoms with E-state index in [9.17, 15) is 9.59 Å². The zero-order chi connectivity index (χ0) is 20.1. The lowest BCUT2D eigenvalue weighted by Gasteiger charge is -2.36. The summed E-state index contributed by atoms with van der Waals surface area (Å²) < 4.78 is 0. The summed E-state index contributed by atoms with van der Waals surface area (Å²) in [7, 11) is 4.10. The number of nitrogens with one attached hydrogen (secondary N) is 1. The SMILES string of the molecule is CN(C)Cc1ccc([C@@H]2CCCCN2C(=O)Nc2cccc(C(N)=O)c2)cc1. The van der Waals surface area contributed by atoms with Gasteiger partial charge in [0.05, 0.1) is 6.04 Å². The predicted octanol–water partition coefficient (Wildman–Crippen LogP) is 3.61. The molecular formula is C22H28N4O2. The number of primary amides is 1. The van der Waals surface area contributed by atoms with Crippen molar-refractivity contribution < 1.29 is 9.59 Å². The number of hydrogen-bond acceptors (Lipinski definition) is 3. The Labute approximate surface area is 166 Å². The van der Waals surface area contributed by atoms with Crippen LogP contribution in [-0.2, 0) is 6.54 Å². The van der Waals surface area contributed by atoms with Gasteiger partial charge in [-0.1, -0.05) is 30.3 Å². The summed E-state index contributed by atoms with van der Waals surface area (Å²) in [5, 5.41) is 2.92. The predicted molar refractivity (Wildman–Crippen MR) is 111 cm³/mol. The van der Waals surface area contributed by atoms with Crippen LogP contribution >= 0.6 is 0 Å². The van der Waals surface area contributed by atoms with Gasteiger partial charge in [-0.05, 0) is 62.7 Å². The van der Waals surface area contributed by atoms with Crippen molar-refractivity contribution in [2.75, 3.05) is 26.0 Å². The number of anilines is 1. The Morgan fingerprint density at radius 3 is 2.57 bits per heavy atom. The Kier molecular flexibility index (Phi) is 6.31. The lowest BCUT2D eigenvalue weighted by molar-refractivity contribution is 0.1000. The average Bonchev–Trinajstić information content (AvgIpc) is 2.68. The minimum atomic E-state index is -0.509. The van der Waals surface area contributed by atoms with Gasteiger partial charge in [-0.3, -0.25) is 4.79 Å². The molecule has 0 saturated carbocycles. The molecule has 1 aliphatic heterocycles. The molecule has 28 heavy (non-hydrogen) atoms. The number of likely N-dealkylation sites (tertiary alicyclic amines) is 1. The number of carbonyl (C=O) groups excluding carboxylic acids is 2. The fourth-order valence-electron chi connectivity index (χ4n) is 3.68. The lowest BCUT2D eigenvalue weighted by Crippen LogP contribution is -2.41. The molecule has 3 N–H and O–H groups in total. The van der Waals surface area contributed by atoms with Gasteiger partial charge in [0.15, 0.2) is 0 Å². The van der Waals surface area contributed by atoms with Gasteiger partial charge in [0.1, 0.15) is 0 Å². The topological polar surface area (TPSA) is 78.7 Å². The van der Waals surface area contributed by atoms with E-state index in [2.05, 4.69) is 34.5 Å². The van der Waals surface area contributed by atoms with Crippen LogP contribution in [0, 0.1) is 0 Å². The molecule has 0 unspecified atom stereocenters. The van der Waals surface area contributed by atoms with Gasteiger partial charge >= 0.3 is 6.03 Å². The molecule has 2 aromatic carbocycles. The summed E-state index contributed by atoms with van der Waals surface area (Å²) in [5.74, 6) is -0.509. The molecule has 0 bridgehead atoms. The average molecular weight is 380 g/mol. The van der Waals surface area contributed by atoms with E-state index < -0.39 is 5.91 Å². The van der Waals surface area contributed by atoms with E-state index in [0.717, 1.165) is 31.4 Å². The van der Waals surface area contributed by atoms with Crippen molar-refractivity contribution >= 4 is 17.6 Å². The summed E-state index contributed by atoms with van der Waals surface area (Å²) in [4.78, 5) is 28.3. The maximum atomic E-state index is 12.9. The first-order chi connectivity index (χ1) is 13.4. The first kappa shape index (κ1) is 19.9. The van der Waals surface area contributed by atoms with Crippen molar-refractivity contribution in [3.63, 3.8) is 0 Å². The molecule has 1 heterocycles. The van der Waals surface area contributed by atoms with E-state index in [1.165, 1.54) is 5.56 Å². The maximum absolute atomic E-state index is 12.9. The minimum Gasteiger partial charge on any atom is -0.366 e. The molecule has 3 amide bonds. The highest BCUT2D eigenvalue weighted by atomic mass is 16.2. The Bertz CT molecular complexity index is 833. The van der Waals surface area contributed by atoms with Gasteiger partial charge in [-0.15, -0.1) is 0 Å². The lowest BCUT2D eigenvalue weighted by atomic mass is 9.95. The second-order valence-electron chi connectivity index (χ2n) is 7.56. The van der Waals surface area contributed by atoms with Gasteiger partial charge in [0, 0.05) is 24.3 Å². The highest BCUT2D eigenvalue weighted by Gasteiger charge is 2.28. The number of nitrogens with zero attached hydrogens (tertiary/aromatic N) is 2. The number of carbonyl (C=O) groups is 2. The summed E-state index contributed by atoms with van der Waals surface area (Å²) in [5.41, 5.74) is 8.70. The molecule has 0 radical (unpaired) electrons.